The number of nitrogens with zero attached hydrogens (tertiary/aromatic N) is 5. The lowest BCUT2D eigenvalue weighted by molar-refractivity contribution is -0.161. The van der Waals surface area contributed by atoms with Crippen LogP contribution in [0.4, 0.5) is 0 Å². The Morgan fingerprint density at radius 3 is 2.15 bits per heavy atom. The van der Waals surface area contributed by atoms with Gasteiger partial charge in [-0.2, -0.15) is 0 Å². The summed E-state index contributed by atoms with van der Waals surface area (Å²) in [6, 6.07) is 3.27. The highest BCUT2D eigenvalue weighted by atomic mass is 16.5. The number of hydrogen-bond acceptors (Lipinski definition) is 11. The molecule has 1 aromatic carbocycles. The fourth-order valence-electron chi connectivity index (χ4n) is 7.82. The molecular weight excluding hydrogens is 801 g/mol. The number of carbonyl (C=O) groups is 8. The molecule has 8 atom stereocenters. The summed E-state index contributed by atoms with van der Waals surface area (Å²) >= 11 is 0. The number of amides is 7. The van der Waals surface area contributed by atoms with Gasteiger partial charge in [0.05, 0.1) is 6.54 Å². The van der Waals surface area contributed by atoms with Crippen molar-refractivity contribution >= 4 is 47.3 Å². The molecular formula is C44H62N8O10. The van der Waals surface area contributed by atoms with Gasteiger partial charge in [-0.25, -0.2) is 9.78 Å². The molecule has 4 rings (SSSR count). The minimum atomic E-state index is -1.69. The molecule has 0 bridgehead atoms. The van der Waals surface area contributed by atoms with Crippen molar-refractivity contribution in [1.29, 1.82) is 0 Å². The molecule has 18 heteroatoms. The number of ether oxygens (including phenoxy) is 1. The van der Waals surface area contributed by atoms with Crippen molar-refractivity contribution in [2.45, 2.75) is 110 Å². The first-order valence-corrected chi connectivity index (χ1v) is 21.0. The van der Waals surface area contributed by atoms with Gasteiger partial charge in [-0.05, 0) is 68.6 Å². The molecule has 0 spiro atoms. The average molecular weight is 863 g/mol. The average Bonchev–Trinajstić information content (AvgIpc) is 3.71. The van der Waals surface area contributed by atoms with E-state index >= 15 is 0 Å². The molecule has 62 heavy (non-hydrogen) atoms. The Labute approximate surface area is 363 Å². The highest BCUT2D eigenvalue weighted by molar-refractivity contribution is 6.00. The van der Waals surface area contributed by atoms with Crippen LogP contribution in [0, 0.1) is 17.8 Å². The van der Waals surface area contributed by atoms with E-state index in [0.717, 1.165) is 4.90 Å². The molecule has 2 saturated heterocycles. The minimum Gasteiger partial charge on any atom is -0.505 e. The van der Waals surface area contributed by atoms with Crippen LogP contribution in [0.1, 0.15) is 89.8 Å². The summed E-state index contributed by atoms with van der Waals surface area (Å²) in [6.45, 7) is 11.8. The van der Waals surface area contributed by atoms with Crippen molar-refractivity contribution in [1.82, 2.24) is 40.5 Å². The summed E-state index contributed by atoms with van der Waals surface area (Å²) in [5.41, 5.74) is -0.0948. The summed E-state index contributed by atoms with van der Waals surface area (Å²) in [7, 11) is 4.26. The second-order valence-corrected chi connectivity index (χ2v) is 17.1. The van der Waals surface area contributed by atoms with Gasteiger partial charge in [0.2, 0.25) is 35.4 Å². The molecule has 0 saturated carbocycles. The SMILES string of the molecule is CC(C)CC1NC(=O)C(NC(=O)c2ncccc2O)C(C)OC(=O)C(c2ccccc2)N(C)C(=O)C(C)NC(=O)C(C(C)C(C)C)N(C)C(=O)CN(C)C(=O)C2CCCN2C1=O. The van der Waals surface area contributed by atoms with Crippen LogP contribution in [-0.2, 0) is 38.3 Å². The number of cyclic esters (lactones) is 1. The zero-order chi connectivity index (χ0) is 46.2. The number of rotatable bonds is 7. The van der Waals surface area contributed by atoms with Crippen LogP contribution in [0.25, 0.3) is 0 Å². The van der Waals surface area contributed by atoms with Gasteiger partial charge < -0.3 is 45.4 Å². The number of benzene rings is 1. The summed E-state index contributed by atoms with van der Waals surface area (Å²) in [5.74, 6) is -7.01. The lowest BCUT2D eigenvalue weighted by Crippen LogP contribution is -2.60. The third-order valence-electron chi connectivity index (χ3n) is 11.7. The number of carbonyl (C=O) groups excluding carboxylic acids is 8. The molecule has 2 fully saturated rings. The van der Waals surface area contributed by atoms with Crippen LogP contribution in [0.15, 0.2) is 48.7 Å². The minimum absolute atomic E-state index is 0.0904. The Balaban J connectivity index is 1.84. The fraction of sp³-hybridized carbons (Fsp3) is 0.568. The maximum Gasteiger partial charge on any atom is 0.333 e. The number of nitrogens with one attached hydrogen (secondary N) is 3. The van der Waals surface area contributed by atoms with E-state index in [1.165, 1.54) is 68.0 Å². The predicted molar refractivity (Wildman–Crippen MR) is 227 cm³/mol. The second-order valence-electron chi connectivity index (χ2n) is 17.1. The number of likely N-dealkylation sites (N-methyl/N-ethyl adjacent to an activating group) is 3. The molecule has 1 aromatic heterocycles. The summed E-state index contributed by atoms with van der Waals surface area (Å²) < 4.78 is 5.93. The third-order valence-corrected chi connectivity index (χ3v) is 11.7. The van der Waals surface area contributed by atoms with E-state index < -0.39 is 114 Å². The number of aromatic nitrogens is 1. The Bertz CT molecular complexity index is 1980. The largest absolute Gasteiger partial charge is 0.505 e. The van der Waals surface area contributed by atoms with E-state index in [1.54, 1.807) is 30.3 Å². The molecule has 8 unspecified atom stereocenters. The van der Waals surface area contributed by atoms with E-state index in [2.05, 4.69) is 20.9 Å². The Hall–Kier alpha value is -6.07. The zero-order valence-corrected chi connectivity index (χ0v) is 37.3. The molecule has 2 aromatic rings. The molecule has 18 nitrogen and oxygen atoms in total. The van der Waals surface area contributed by atoms with Crippen molar-refractivity contribution in [3.63, 3.8) is 0 Å². The predicted octanol–water partition coefficient (Wildman–Crippen LogP) is 1.63. The standard InChI is InChI=1S/C44H62N8O10/c1-24(2)22-30-42(59)52-21-15-18-31(52)43(60)49(8)23-33(54)50(9)36(26(5)25(3)4)40(57)46-27(6)41(58)51(10)37(29-16-12-11-13-17-29)44(61)62-28(7)34(38(55)47-30)48-39(56)35-32(53)19-14-20-45-35/h11-14,16-17,19-20,24-28,30-31,34,36-37,53H,15,18,21-23H2,1-10H3,(H,46,57)(H,47,55)(H,48,56). The highest BCUT2D eigenvalue weighted by Gasteiger charge is 2.43. The van der Waals surface area contributed by atoms with E-state index in [1.807, 2.05) is 34.6 Å². The third kappa shape index (κ3) is 11.4. The molecule has 338 valence electrons. The van der Waals surface area contributed by atoms with Crippen molar-refractivity contribution in [3.05, 3.63) is 59.9 Å². The first kappa shape index (κ1) is 48.6. The van der Waals surface area contributed by atoms with Crippen LogP contribution in [0.2, 0.25) is 0 Å². The van der Waals surface area contributed by atoms with E-state index in [9.17, 15) is 43.5 Å². The van der Waals surface area contributed by atoms with E-state index in [4.69, 9.17) is 4.74 Å². The van der Waals surface area contributed by atoms with Gasteiger partial charge in [0.25, 0.3) is 5.91 Å². The normalized spacial score (nSPS) is 26.1. The lowest BCUT2D eigenvalue weighted by atomic mass is 9.88. The van der Waals surface area contributed by atoms with Crippen LogP contribution >= 0.6 is 0 Å². The van der Waals surface area contributed by atoms with Gasteiger partial charge in [0.15, 0.2) is 11.7 Å². The summed E-state index contributed by atoms with van der Waals surface area (Å²) in [5, 5.41) is 18.4. The van der Waals surface area contributed by atoms with Crippen LogP contribution in [0.5, 0.6) is 5.75 Å². The maximum absolute atomic E-state index is 14.4. The molecule has 2 aliphatic heterocycles. The van der Waals surface area contributed by atoms with Gasteiger partial charge in [-0.15, -0.1) is 0 Å². The van der Waals surface area contributed by atoms with Gasteiger partial charge in [0, 0.05) is 33.9 Å². The number of hydrogen-bond donors (Lipinski definition) is 4. The van der Waals surface area contributed by atoms with Crippen LogP contribution in [-0.4, -0.2) is 148 Å². The van der Waals surface area contributed by atoms with E-state index in [-0.39, 0.29) is 24.8 Å². The topological polar surface area (TPSA) is 228 Å². The molecule has 0 aliphatic carbocycles. The molecule has 7 amide bonds. The number of pyridine rings is 1. The quantitative estimate of drug-likeness (QED) is 0.293. The number of fused-ring (bicyclic) bond motifs is 1. The monoisotopic (exact) mass is 862 g/mol. The van der Waals surface area contributed by atoms with Crippen molar-refractivity contribution in [2.24, 2.45) is 17.8 Å². The maximum atomic E-state index is 14.4. The Morgan fingerprint density at radius 1 is 0.871 bits per heavy atom. The van der Waals surface area contributed by atoms with Crippen molar-refractivity contribution in [2.75, 3.05) is 34.2 Å². The zero-order valence-electron chi connectivity index (χ0n) is 37.3. The van der Waals surface area contributed by atoms with Gasteiger partial charge >= 0.3 is 5.97 Å². The summed E-state index contributed by atoms with van der Waals surface area (Å²) in [6.07, 6.45) is 0.679. The molecule has 2 aliphatic rings. The molecule has 0 radical (unpaired) electrons. The van der Waals surface area contributed by atoms with E-state index in [0.29, 0.717) is 18.4 Å². The van der Waals surface area contributed by atoms with Crippen molar-refractivity contribution in [3.8, 4) is 5.75 Å². The van der Waals surface area contributed by atoms with Crippen LogP contribution in [0.3, 0.4) is 0 Å². The van der Waals surface area contributed by atoms with Gasteiger partial charge in [0.1, 0.15) is 42.1 Å². The fourth-order valence-corrected chi connectivity index (χ4v) is 7.82. The Kier molecular flexibility index (Phi) is 16.6. The van der Waals surface area contributed by atoms with Gasteiger partial charge in [-0.3, -0.25) is 33.6 Å². The van der Waals surface area contributed by atoms with Crippen molar-refractivity contribution < 1.29 is 48.2 Å². The summed E-state index contributed by atoms with van der Waals surface area (Å²) in [4.78, 5) is 122. The molecule has 3 heterocycles. The first-order valence-electron chi connectivity index (χ1n) is 21.0. The Morgan fingerprint density at radius 2 is 1.53 bits per heavy atom. The van der Waals surface area contributed by atoms with Crippen LogP contribution < -0.4 is 16.0 Å². The first-order chi connectivity index (χ1) is 29.2. The molecule has 4 N–H and O–H groups in total. The van der Waals surface area contributed by atoms with Gasteiger partial charge in [-0.1, -0.05) is 65.0 Å². The second kappa shape index (κ2) is 21.1. The smallest absolute Gasteiger partial charge is 0.333 e. The number of aromatic hydroxyl groups is 1. The lowest BCUT2D eigenvalue weighted by Gasteiger charge is -2.37. The highest BCUT2D eigenvalue weighted by Crippen LogP contribution is 2.26. The number of esters is 1.